The van der Waals surface area contributed by atoms with E-state index in [2.05, 4.69) is 0 Å². The summed E-state index contributed by atoms with van der Waals surface area (Å²) in [7, 11) is -2.13. The summed E-state index contributed by atoms with van der Waals surface area (Å²) in [6.07, 6.45) is 1.61. The Bertz CT molecular complexity index is 907. The zero-order valence-corrected chi connectivity index (χ0v) is 17.7. The summed E-state index contributed by atoms with van der Waals surface area (Å²) in [4.78, 5) is 14.6. The van der Waals surface area contributed by atoms with Gasteiger partial charge in [-0.15, -0.1) is 12.4 Å². The van der Waals surface area contributed by atoms with Crippen LogP contribution in [0.2, 0.25) is 0 Å². The molecule has 6 nitrogen and oxygen atoms in total. The van der Waals surface area contributed by atoms with Crippen LogP contribution in [-0.2, 0) is 10.0 Å². The number of likely N-dealkylation sites (tertiary alicyclic amines) is 1. The topological polar surface area (TPSA) is 83.7 Å². The number of sulfonamides is 1. The van der Waals surface area contributed by atoms with E-state index < -0.39 is 10.0 Å². The smallest absolute Gasteiger partial charge is 0.264 e. The third kappa shape index (κ3) is 4.66. The molecule has 2 aromatic rings. The predicted molar refractivity (Wildman–Crippen MR) is 114 cm³/mol. The summed E-state index contributed by atoms with van der Waals surface area (Å²) in [5, 5.41) is 0. The molecule has 1 fully saturated rings. The molecule has 1 aliphatic rings. The number of nitrogens with zero attached hydrogens (tertiary/aromatic N) is 2. The lowest BCUT2D eigenvalue weighted by Gasteiger charge is -2.30. The predicted octanol–water partition coefficient (Wildman–Crippen LogP) is 2.81. The lowest BCUT2D eigenvalue weighted by atomic mass is 10.0. The van der Waals surface area contributed by atoms with Crippen molar-refractivity contribution in [2.24, 2.45) is 5.73 Å². The van der Waals surface area contributed by atoms with Crippen LogP contribution in [0, 0.1) is 6.92 Å². The van der Waals surface area contributed by atoms with Crippen LogP contribution in [0.1, 0.15) is 28.8 Å². The molecule has 0 unspecified atom stereocenters. The minimum atomic E-state index is -3.64. The Labute approximate surface area is 172 Å². The van der Waals surface area contributed by atoms with Crippen LogP contribution >= 0.6 is 12.4 Å². The number of rotatable bonds is 4. The van der Waals surface area contributed by atoms with Gasteiger partial charge in [-0.1, -0.05) is 17.7 Å². The molecular weight excluding hydrogens is 398 g/mol. The summed E-state index contributed by atoms with van der Waals surface area (Å²) >= 11 is 0. The summed E-state index contributed by atoms with van der Waals surface area (Å²) in [6.45, 7) is 3.22. The van der Waals surface area contributed by atoms with Gasteiger partial charge in [0.2, 0.25) is 0 Å². The van der Waals surface area contributed by atoms with E-state index >= 15 is 0 Å². The molecule has 152 valence electrons. The van der Waals surface area contributed by atoms with Crippen LogP contribution in [0.25, 0.3) is 0 Å². The SMILES string of the molecule is Cc1ccc(S(=O)(=O)N(C)c2ccc(C(=O)N3CCC(N)CC3)cc2)cc1.Cl. The number of hydrogen-bond acceptors (Lipinski definition) is 4. The molecule has 0 radical (unpaired) electrons. The minimum absolute atomic E-state index is 0. The molecule has 0 saturated carbocycles. The van der Waals surface area contributed by atoms with Crippen LogP contribution in [-0.4, -0.2) is 45.4 Å². The molecule has 3 rings (SSSR count). The Morgan fingerprint density at radius 3 is 2.11 bits per heavy atom. The van der Waals surface area contributed by atoms with Crippen molar-refractivity contribution in [1.29, 1.82) is 0 Å². The molecular formula is C20H26ClN3O3S. The number of carbonyl (C=O) groups is 1. The average Bonchev–Trinajstić information content (AvgIpc) is 2.68. The van der Waals surface area contributed by atoms with Gasteiger partial charge >= 0.3 is 0 Å². The molecule has 0 aliphatic carbocycles. The van der Waals surface area contributed by atoms with Gasteiger partial charge in [0, 0.05) is 31.7 Å². The Morgan fingerprint density at radius 1 is 1.04 bits per heavy atom. The number of halogens is 1. The van der Waals surface area contributed by atoms with Crippen molar-refractivity contribution >= 4 is 34.0 Å². The van der Waals surface area contributed by atoms with Crippen molar-refractivity contribution in [2.75, 3.05) is 24.4 Å². The first-order valence-electron chi connectivity index (χ1n) is 8.99. The zero-order valence-electron chi connectivity index (χ0n) is 16.0. The summed E-state index contributed by atoms with van der Waals surface area (Å²) in [5.74, 6) is -0.0440. The molecule has 0 spiro atoms. The number of piperidine rings is 1. The van der Waals surface area contributed by atoms with E-state index in [1.807, 2.05) is 6.92 Å². The van der Waals surface area contributed by atoms with Gasteiger partial charge in [-0.3, -0.25) is 9.10 Å². The monoisotopic (exact) mass is 423 g/mol. The third-order valence-corrected chi connectivity index (χ3v) is 6.78. The lowest BCUT2D eigenvalue weighted by molar-refractivity contribution is 0.0715. The van der Waals surface area contributed by atoms with E-state index in [-0.39, 0.29) is 29.3 Å². The number of anilines is 1. The molecule has 1 heterocycles. The molecule has 1 amide bonds. The van der Waals surface area contributed by atoms with Crippen LogP contribution in [0.4, 0.5) is 5.69 Å². The van der Waals surface area contributed by atoms with Crippen molar-refractivity contribution in [1.82, 2.24) is 4.90 Å². The second-order valence-electron chi connectivity index (χ2n) is 6.96. The highest BCUT2D eigenvalue weighted by Gasteiger charge is 2.23. The van der Waals surface area contributed by atoms with E-state index in [4.69, 9.17) is 5.73 Å². The van der Waals surface area contributed by atoms with E-state index in [0.29, 0.717) is 24.3 Å². The van der Waals surface area contributed by atoms with Gasteiger partial charge in [0.1, 0.15) is 0 Å². The molecule has 0 atom stereocenters. The summed E-state index contributed by atoms with van der Waals surface area (Å²) in [5.41, 5.74) is 7.94. The van der Waals surface area contributed by atoms with Crippen molar-refractivity contribution < 1.29 is 13.2 Å². The Kier molecular flexibility index (Phi) is 7.09. The maximum absolute atomic E-state index is 12.8. The maximum atomic E-state index is 12.8. The number of hydrogen-bond donors (Lipinski definition) is 1. The van der Waals surface area contributed by atoms with E-state index in [0.717, 1.165) is 18.4 Å². The van der Waals surface area contributed by atoms with Crippen molar-refractivity contribution in [3.63, 3.8) is 0 Å². The standard InChI is InChI=1S/C20H25N3O3S.ClH/c1-15-3-9-19(10-4-15)27(25,26)22(2)18-7-5-16(6-8-18)20(24)23-13-11-17(21)12-14-23;/h3-10,17H,11-14,21H2,1-2H3;1H. The van der Waals surface area contributed by atoms with E-state index in [1.165, 1.54) is 11.4 Å². The number of carbonyl (C=O) groups excluding carboxylic acids is 1. The number of amides is 1. The van der Waals surface area contributed by atoms with Gasteiger partial charge in [0.25, 0.3) is 15.9 Å². The summed E-state index contributed by atoms with van der Waals surface area (Å²) in [6, 6.07) is 13.6. The highest BCUT2D eigenvalue weighted by Crippen LogP contribution is 2.23. The highest BCUT2D eigenvalue weighted by atomic mass is 35.5. The Morgan fingerprint density at radius 2 is 1.57 bits per heavy atom. The highest BCUT2D eigenvalue weighted by molar-refractivity contribution is 7.92. The largest absolute Gasteiger partial charge is 0.339 e. The molecule has 0 aromatic heterocycles. The molecule has 0 bridgehead atoms. The Hall–Kier alpha value is -2.09. The second-order valence-corrected chi connectivity index (χ2v) is 8.93. The van der Waals surface area contributed by atoms with Crippen LogP contribution in [0.3, 0.4) is 0 Å². The van der Waals surface area contributed by atoms with Gasteiger partial charge in [-0.05, 0) is 56.2 Å². The van der Waals surface area contributed by atoms with E-state index in [9.17, 15) is 13.2 Å². The third-order valence-electron chi connectivity index (χ3n) is 4.98. The lowest BCUT2D eigenvalue weighted by Crippen LogP contribution is -2.42. The Balaban J connectivity index is 0.00000280. The number of nitrogens with two attached hydrogens (primary N) is 1. The first kappa shape index (κ1) is 22.2. The molecule has 1 aliphatic heterocycles. The maximum Gasteiger partial charge on any atom is 0.264 e. The van der Waals surface area contributed by atoms with Gasteiger partial charge in [0.15, 0.2) is 0 Å². The van der Waals surface area contributed by atoms with Crippen LogP contribution in [0.5, 0.6) is 0 Å². The normalized spacial score (nSPS) is 15.0. The zero-order chi connectivity index (χ0) is 19.6. The minimum Gasteiger partial charge on any atom is -0.339 e. The van der Waals surface area contributed by atoms with Crippen molar-refractivity contribution in [3.8, 4) is 0 Å². The molecule has 8 heteroatoms. The fraction of sp³-hybridized carbons (Fsp3) is 0.350. The van der Waals surface area contributed by atoms with Crippen LogP contribution < -0.4 is 10.0 Å². The summed E-state index contributed by atoms with van der Waals surface area (Å²) < 4.78 is 26.8. The quantitative estimate of drug-likeness (QED) is 0.819. The molecule has 1 saturated heterocycles. The fourth-order valence-corrected chi connectivity index (χ4v) is 4.30. The van der Waals surface area contributed by atoms with Crippen molar-refractivity contribution in [2.45, 2.75) is 30.7 Å². The van der Waals surface area contributed by atoms with Gasteiger partial charge in [0.05, 0.1) is 10.6 Å². The van der Waals surface area contributed by atoms with Gasteiger partial charge in [-0.2, -0.15) is 0 Å². The first-order chi connectivity index (χ1) is 12.8. The number of benzene rings is 2. The van der Waals surface area contributed by atoms with Crippen LogP contribution in [0.15, 0.2) is 53.4 Å². The fourth-order valence-electron chi connectivity index (χ4n) is 3.11. The van der Waals surface area contributed by atoms with E-state index in [1.54, 1.807) is 53.4 Å². The average molecular weight is 424 g/mol. The number of aryl methyl sites for hydroxylation is 1. The van der Waals surface area contributed by atoms with Gasteiger partial charge < -0.3 is 10.6 Å². The second kappa shape index (κ2) is 8.94. The molecule has 28 heavy (non-hydrogen) atoms. The molecule has 2 aromatic carbocycles. The first-order valence-corrected chi connectivity index (χ1v) is 10.4. The molecule has 2 N–H and O–H groups in total. The van der Waals surface area contributed by atoms with Crippen molar-refractivity contribution in [3.05, 3.63) is 59.7 Å². The van der Waals surface area contributed by atoms with Gasteiger partial charge in [-0.25, -0.2) is 8.42 Å².